The van der Waals surface area contributed by atoms with Crippen molar-refractivity contribution in [1.29, 1.82) is 0 Å². The van der Waals surface area contributed by atoms with Crippen LogP contribution in [0.4, 0.5) is 0 Å². The van der Waals surface area contributed by atoms with Crippen LogP contribution in [-0.2, 0) is 17.9 Å². The summed E-state index contributed by atoms with van der Waals surface area (Å²) in [6.07, 6.45) is 0. The summed E-state index contributed by atoms with van der Waals surface area (Å²) < 4.78 is 6.91. The summed E-state index contributed by atoms with van der Waals surface area (Å²) in [5.74, 6) is -0.407. The molecule has 0 amide bonds. The second-order valence-corrected chi connectivity index (χ2v) is 4.97. The zero-order valence-electron chi connectivity index (χ0n) is 12.2. The molecule has 22 heavy (non-hydrogen) atoms. The smallest absolute Gasteiger partial charge is 0.338 e. The summed E-state index contributed by atoms with van der Waals surface area (Å²) in [6, 6.07) is 14.6. The van der Waals surface area contributed by atoms with Crippen LogP contribution in [0.15, 0.2) is 53.3 Å². The van der Waals surface area contributed by atoms with Gasteiger partial charge < -0.3 is 9.72 Å². The van der Waals surface area contributed by atoms with E-state index in [0.29, 0.717) is 17.6 Å². The fourth-order valence-electron chi connectivity index (χ4n) is 2.41. The number of imidazole rings is 1. The number of aromatic amines is 1. The van der Waals surface area contributed by atoms with E-state index in [1.54, 1.807) is 22.8 Å². The largest absolute Gasteiger partial charge is 0.457 e. The Kier molecular flexibility index (Phi) is 3.78. The number of hydrogen-bond donors (Lipinski definition) is 1. The van der Waals surface area contributed by atoms with Gasteiger partial charge in [0.25, 0.3) is 0 Å². The molecule has 5 heteroatoms. The van der Waals surface area contributed by atoms with E-state index >= 15 is 0 Å². The van der Waals surface area contributed by atoms with Gasteiger partial charge in [0, 0.05) is 6.54 Å². The summed E-state index contributed by atoms with van der Waals surface area (Å²) in [7, 11) is 0. The Morgan fingerprint density at radius 2 is 1.95 bits per heavy atom. The van der Waals surface area contributed by atoms with Gasteiger partial charge in [-0.15, -0.1) is 0 Å². The molecule has 112 valence electrons. The molecule has 0 radical (unpaired) electrons. The van der Waals surface area contributed by atoms with Crippen molar-refractivity contribution in [3.63, 3.8) is 0 Å². The van der Waals surface area contributed by atoms with Crippen LogP contribution in [-0.4, -0.2) is 15.5 Å². The van der Waals surface area contributed by atoms with Gasteiger partial charge in [0.15, 0.2) is 0 Å². The van der Waals surface area contributed by atoms with E-state index in [2.05, 4.69) is 4.98 Å². The maximum atomic E-state index is 12.1. The maximum Gasteiger partial charge on any atom is 0.338 e. The summed E-state index contributed by atoms with van der Waals surface area (Å²) in [5, 5.41) is 0. The van der Waals surface area contributed by atoms with Gasteiger partial charge in [-0.2, -0.15) is 0 Å². The fourth-order valence-corrected chi connectivity index (χ4v) is 2.41. The minimum Gasteiger partial charge on any atom is -0.457 e. The predicted molar refractivity (Wildman–Crippen MR) is 83.8 cm³/mol. The molecule has 1 N–H and O–H groups in total. The number of carbonyl (C=O) groups is 1. The highest BCUT2D eigenvalue weighted by Crippen LogP contribution is 2.14. The molecule has 0 bridgehead atoms. The Labute approximate surface area is 127 Å². The number of carbonyl (C=O) groups excluding carboxylic acids is 1. The molecule has 3 aromatic rings. The average Bonchev–Trinajstić information content (AvgIpc) is 2.87. The van der Waals surface area contributed by atoms with Gasteiger partial charge in [-0.1, -0.05) is 30.3 Å². The van der Waals surface area contributed by atoms with Gasteiger partial charge in [0.05, 0.1) is 16.6 Å². The molecule has 0 spiro atoms. The van der Waals surface area contributed by atoms with Crippen molar-refractivity contribution in [3.8, 4) is 0 Å². The van der Waals surface area contributed by atoms with Crippen molar-refractivity contribution in [2.24, 2.45) is 0 Å². The SMILES string of the molecule is CCn1c(=O)[nH]c2cc(C(=O)OCc3ccccc3)ccc21. The van der Waals surface area contributed by atoms with E-state index in [9.17, 15) is 9.59 Å². The zero-order valence-corrected chi connectivity index (χ0v) is 12.2. The lowest BCUT2D eigenvalue weighted by molar-refractivity contribution is 0.0473. The highest BCUT2D eigenvalue weighted by Gasteiger charge is 2.11. The van der Waals surface area contributed by atoms with Crippen LogP contribution in [0.5, 0.6) is 0 Å². The van der Waals surface area contributed by atoms with Gasteiger partial charge in [-0.05, 0) is 30.7 Å². The molecule has 5 nitrogen and oxygen atoms in total. The molecule has 1 heterocycles. The lowest BCUT2D eigenvalue weighted by atomic mass is 10.2. The van der Waals surface area contributed by atoms with Crippen LogP contribution in [0.2, 0.25) is 0 Å². The molecule has 1 aromatic heterocycles. The number of hydrogen-bond acceptors (Lipinski definition) is 3. The topological polar surface area (TPSA) is 64.1 Å². The Hall–Kier alpha value is -2.82. The number of aromatic nitrogens is 2. The number of benzene rings is 2. The van der Waals surface area contributed by atoms with Crippen molar-refractivity contribution >= 4 is 17.0 Å². The Morgan fingerprint density at radius 1 is 1.18 bits per heavy atom. The molecule has 3 rings (SSSR count). The summed E-state index contributed by atoms with van der Waals surface area (Å²) >= 11 is 0. The first kappa shape index (κ1) is 14.1. The van der Waals surface area contributed by atoms with E-state index < -0.39 is 5.97 Å². The van der Waals surface area contributed by atoms with Crippen LogP contribution in [0.25, 0.3) is 11.0 Å². The molecule has 0 aliphatic rings. The van der Waals surface area contributed by atoms with Crippen LogP contribution >= 0.6 is 0 Å². The standard InChI is InChI=1S/C17H16N2O3/c1-2-19-15-9-8-13(10-14(15)18-17(19)21)16(20)22-11-12-6-4-3-5-7-12/h3-10H,2,11H2,1H3,(H,18,21). The number of rotatable bonds is 4. The number of nitrogens with zero attached hydrogens (tertiary/aromatic N) is 1. The quantitative estimate of drug-likeness (QED) is 0.753. The molecule has 0 aliphatic carbocycles. The number of esters is 1. The van der Waals surface area contributed by atoms with Gasteiger partial charge in [-0.3, -0.25) is 4.57 Å². The first-order valence-corrected chi connectivity index (χ1v) is 7.12. The third-order valence-corrected chi connectivity index (χ3v) is 3.54. The third kappa shape index (κ3) is 2.65. The molecule has 0 aliphatic heterocycles. The summed E-state index contributed by atoms with van der Waals surface area (Å²) in [5.41, 5.74) is 2.61. The molecule has 0 fully saturated rings. The van der Waals surface area contributed by atoms with Crippen molar-refractivity contribution in [2.45, 2.75) is 20.1 Å². The van der Waals surface area contributed by atoms with Gasteiger partial charge in [0.2, 0.25) is 0 Å². The van der Waals surface area contributed by atoms with Crippen molar-refractivity contribution in [2.75, 3.05) is 0 Å². The van der Waals surface area contributed by atoms with Crippen LogP contribution in [0, 0.1) is 0 Å². The first-order chi connectivity index (χ1) is 10.7. The molecule has 2 aromatic carbocycles. The van der Waals surface area contributed by atoms with E-state index in [0.717, 1.165) is 11.1 Å². The van der Waals surface area contributed by atoms with E-state index in [4.69, 9.17) is 4.74 Å². The highest BCUT2D eigenvalue weighted by atomic mass is 16.5. The molecule has 0 unspecified atom stereocenters. The fraction of sp³-hybridized carbons (Fsp3) is 0.176. The van der Waals surface area contributed by atoms with Crippen molar-refractivity contribution in [1.82, 2.24) is 9.55 Å². The monoisotopic (exact) mass is 296 g/mol. The Bertz CT molecular complexity index is 862. The number of aryl methyl sites for hydroxylation is 1. The Balaban J connectivity index is 1.81. The number of fused-ring (bicyclic) bond motifs is 1. The zero-order chi connectivity index (χ0) is 15.5. The predicted octanol–water partition coefficient (Wildman–Crippen LogP) is 2.71. The average molecular weight is 296 g/mol. The molecular weight excluding hydrogens is 280 g/mol. The third-order valence-electron chi connectivity index (χ3n) is 3.54. The number of nitrogens with one attached hydrogen (secondary N) is 1. The van der Waals surface area contributed by atoms with Crippen LogP contribution in [0.3, 0.4) is 0 Å². The molecule has 0 saturated carbocycles. The van der Waals surface area contributed by atoms with Crippen molar-refractivity contribution in [3.05, 3.63) is 70.1 Å². The van der Waals surface area contributed by atoms with Gasteiger partial charge >= 0.3 is 11.7 Å². The lowest BCUT2D eigenvalue weighted by Gasteiger charge is -2.05. The van der Waals surface area contributed by atoms with Crippen molar-refractivity contribution < 1.29 is 9.53 Å². The maximum absolute atomic E-state index is 12.1. The summed E-state index contributed by atoms with van der Waals surface area (Å²) in [4.78, 5) is 26.6. The second kappa shape index (κ2) is 5.89. The number of ether oxygens (including phenoxy) is 1. The lowest BCUT2D eigenvalue weighted by Crippen LogP contribution is -2.14. The molecule has 0 atom stereocenters. The Morgan fingerprint density at radius 3 is 2.68 bits per heavy atom. The van der Waals surface area contributed by atoms with Gasteiger partial charge in [-0.25, -0.2) is 9.59 Å². The van der Waals surface area contributed by atoms with Gasteiger partial charge in [0.1, 0.15) is 6.61 Å². The minimum absolute atomic E-state index is 0.174. The summed E-state index contributed by atoms with van der Waals surface area (Å²) in [6.45, 7) is 2.71. The van der Waals surface area contributed by atoms with Crippen LogP contribution < -0.4 is 5.69 Å². The first-order valence-electron chi connectivity index (χ1n) is 7.12. The number of H-pyrrole nitrogens is 1. The second-order valence-electron chi connectivity index (χ2n) is 4.97. The minimum atomic E-state index is -0.407. The highest BCUT2D eigenvalue weighted by molar-refractivity contribution is 5.93. The van der Waals surface area contributed by atoms with E-state index in [1.165, 1.54) is 0 Å². The normalized spacial score (nSPS) is 10.8. The van der Waals surface area contributed by atoms with E-state index in [-0.39, 0.29) is 12.3 Å². The molecular formula is C17H16N2O3. The van der Waals surface area contributed by atoms with Crippen LogP contribution in [0.1, 0.15) is 22.8 Å². The van der Waals surface area contributed by atoms with E-state index in [1.807, 2.05) is 37.3 Å². The molecule has 0 saturated heterocycles.